The van der Waals surface area contributed by atoms with E-state index >= 15 is 0 Å². The molecule has 0 bridgehead atoms. The van der Waals surface area contributed by atoms with Crippen molar-refractivity contribution < 1.29 is 0 Å². The monoisotopic (exact) mass is 209 g/mol. The number of halogens is 1. The maximum atomic E-state index is 5.88. The van der Waals surface area contributed by atoms with E-state index in [1.807, 2.05) is 12.1 Å². The van der Waals surface area contributed by atoms with E-state index in [0.29, 0.717) is 10.8 Å². The summed E-state index contributed by atoms with van der Waals surface area (Å²) in [7, 11) is 0. The minimum atomic E-state index is -0.369. The third-order valence-corrected chi connectivity index (χ3v) is 2.12. The van der Waals surface area contributed by atoms with Gasteiger partial charge in [0.05, 0.1) is 6.04 Å². The van der Waals surface area contributed by atoms with Crippen molar-refractivity contribution in [2.45, 2.75) is 6.04 Å². The predicted octanol–water partition coefficient (Wildman–Crippen LogP) is 0.901. The third-order valence-electron chi connectivity index (χ3n) is 1.87. The Bertz CT molecular complexity index is 396. The molecule has 1 heterocycles. The molecule has 0 amide bonds. The summed E-state index contributed by atoms with van der Waals surface area (Å²) in [5.74, 6) is 0.465. The highest BCUT2D eigenvalue weighted by Crippen LogP contribution is 2.17. The summed E-state index contributed by atoms with van der Waals surface area (Å²) in [4.78, 5) is 0. The molecule has 14 heavy (non-hydrogen) atoms. The fourth-order valence-corrected chi connectivity index (χ4v) is 1.25. The van der Waals surface area contributed by atoms with E-state index in [1.54, 1.807) is 12.1 Å². The maximum absolute atomic E-state index is 5.88. The molecule has 6 heteroatoms. The second kappa shape index (κ2) is 3.73. The summed E-state index contributed by atoms with van der Waals surface area (Å²) in [6.07, 6.45) is 0. The minimum Gasteiger partial charge on any atom is -0.318 e. The molecule has 0 saturated carbocycles. The summed E-state index contributed by atoms with van der Waals surface area (Å²) >= 11 is 5.75. The molecular weight excluding hydrogens is 202 g/mol. The van der Waals surface area contributed by atoms with E-state index in [0.717, 1.165) is 5.56 Å². The zero-order valence-electron chi connectivity index (χ0n) is 7.18. The SMILES string of the molecule is NC(c1ccc(Cl)cc1)c1nn[nH]n1. The zero-order chi connectivity index (χ0) is 9.97. The summed E-state index contributed by atoms with van der Waals surface area (Å²) in [5, 5.41) is 14.1. The first-order chi connectivity index (χ1) is 6.77. The van der Waals surface area contributed by atoms with Crippen molar-refractivity contribution in [2.24, 2.45) is 5.73 Å². The normalized spacial score (nSPS) is 12.7. The Balaban J connectivity index is 2.28. The van der Waals surface area contributed by atoms with Gasteiger partial charge in [0, 0.05) is 5.02 Å². The minimum absolute atomic E-state index is 0.369. The van der Waals surface area contributed by atoms with Crippen LogP contribution in [0.5, 0.6) is 0 Å². The number of nitrogens with zero attached hydrogens (tertiary/aromatic N) is 3. The summed E-state index contributed by atoms with van der Waals surface area (Å²) in [6.45, 7) is 0. The predicted molar refractivity (Wildman–Crippen MR) is 51.7 cm³/mol. The van der Waals surface area contributed by atoms with Crippen LogP contribution in [-0.2, 0) is 0 Å². The number of rotatable bonds is 2. The number of nitrogens with one attached hydrogen (secondary N) is 1. The largest absolute Gasteiger partial charge is 0.318 e. The zero-order valence-corrected chi connectivity index (χ0v) is 7.94. The molecule has 0 spiro atoms. The number of nitrogens with two attached hydrogens (primary N) is 1. The van der Waals surface area contributed by atoms with E-state index in [4.69, 9.17) is 17.3 Å². The van der Waals surface area contributed by atoms with Gasteiger partial charge in [-0.15, -0.1) is 10.2 Å². The van der Waals surface area contributed by atoms with E-state index in [9.17, 15) is 0 Å². The van der Waals surface area contributed by atoms with Crippen LogP contribution in [0.15, 0.2) is 24.3 Å². The molecule has 1 aromatic carbocycles. The van der Waals surface area contributed by atoms with Crippen molar-refractivity contribution in [3.05, 3.63) is 40.7 Å². The molecule has 0 aliphatic carbocycles. The van der Waals surface area contributed by atoms with Gasteiger partial charge in [0.1, 0.15) is 0 Å². The van der Waals surface area contributed by atoms with Crippen LogP contribution < -0.4 is 5.73 Å². The molecule has 0 aliphatic rings. The lowest BCUT2D eigenvalue weighted by molar-refractivity contribution is 0.785. The van der Waals surface area contributed by atoms with E-state index in [2.05, 4.69) is 20.6 Å². The number of H-pyrrole nitrogens is 1. The van der Waals surface area contributed by atoms with Gasteiger partial charge in [-0.3, -0.25) is 0 Å². The number of hydrogen-bond acceptors (Lipinski definition) is 4. The summed E-state index contributed by atoms with van der Waals surface area (Å²) < 4.78 is 0. The van der Waals surface area contributed by atoms with Crippen LogP contribution in [-0.4, -0.2) is 20.6 Å². The molecule has 0 radical (unpaired) electrons. The van der Waals surface area contributed by atoms with Gasteiger partial charge in [0.25, 0.3) is 0 Å². The van der Waals surface area contributed by atoms with E-state index < -0.39 is 0 Å². The number of aromatic amines is 1. The quantitative estimate of drug-likeness (QED) is 0.770. The molecule has 72 valence electrons. The van der Waals surface area contributed by atoms with E-state index in [-0.39, 0.29) is 6.04 Å². The first-order valence-electron chi connectivity index (χ1n) is 4.02. The van der Waals surface area contributed by atoms with Gasteiger partial charge >= 0.3 is 0 Å². The molecule has 1 unspecified atom stereocenters. The number of benzene rings is 1. The number of tetrazole rings is 1. The second-order valence-corrected chi connectivity index (χ2v) is 3.24. The van der Waals surface area contributed by atoms with Crippen LogP contribution in [0.25, 0.3) is 0 Å². The van der Waals surface area contributed by atoms with Gasteiger partial charge in [0.15, 0.2) is 5.82 Å². The molecule has 1 aromatic heterocycles. The Morgan fingerprint density at radius 3 is 2.57 bits per heavy atom. The first kappa shape index (κ1) is 9.11. The van der Waals surface area contributed by atoms with Crippen LogP contribution in [0, 0.1) is 0 Å². The molecule has 5 nitrogen and oxygen atoms in total. The second-order valence-electron chi connectivity index (χ2n) is 2.80. The smallest absolute Gasteiger partial charge is 0.195 e. The van der Waals surface area contributed by atoms with Crippen molar-refractivity contribution in [3.8, 4) is 0 Å². The molecule has 0 aliphatic heterocycles. The van der Waals surface area contributed by atoms with Gasteiger partial charge in [-0.05, 0) is 17.7 Å². The average molecular weight is 210 g/mol. The number of hydrogen-bond donors (Lipinski definition) is 2. The third kappa shape index (κ3) is 1.73. The fraction of sp³-hybridized carbons (Fsp3) is 0.125. The lowest BCUT2D eigenvalue weighted by Crippen LogP contribution is -2.13. The Morgan fingerprint density at radius 1 is 1.29 bits per heavy atom. The molecule has 0 fully saturated rings. The maximum Gasteiger partial charge on any atom is 0.195 e. The lowest BCUT2D eigenvalue weighted by Gasteiger charge is -2.06. The Morgan fingerprint density at radius 2 is 2.00 bits per heavy atom. The molecule has 2 rings (SSSR count). The Labute approximate surface area is 85.3 Å². The fourth-order valence-electron chi connectivity index (χ4n) is 1.12. The molecule has 2 aromatic rings. The van der Waals surface area contributed by atoms with Crippen LogP contribution in [0.4, 0.5) is 0 Å². The standard InChI is InChI=1S/C8H8ClN5/c9-6-3-1-5(2-4-6)7(10)8-11-13-14-12-8/h1-4,7H,10H2,(H,11,12,13,14). The van der Waals surface area contributed by atoms with E-state index in [1.165, 1.54) is 0 Å². The lowest BCUT2D eigenvalue weighted by atomic mass is 10.1. The highest BCUT2D eigenvalue weighted by molar-refractivity contribution is 6.30. The topological polar surface area (TPSA) is 80.5 Å². The Kier molecular flexibility index (Phi) is 2.43. The summed E-state index contributed by atoms with van der Waals surface area (Å²) in [5.41, 5.74) is 6.78. The highest BCUT2D eigenvalue weighted by atomic mass is 35.5. The Hall–Kier alpha value is -1.46. The van der Waals surface area contributed by atoms with Crippen molar-refractivity contribution in [3.63, 3.8) is 0 Å². The van der Waals surface area contributed by atoms with Gasteiger partial charge in [-0.25, -0.2) is 0 Å². The number of aromatic nitrogens is 4. The average Bonchev–Trinajstić information content (AvgIpc) is 2.71. The van der Waals surface area contributed by atoms with Crippen molar-refractivity contribution >= 4 is 11.6 Å². The van der Waals surface area contributed by atoms with Crippen molar-refractivity contribution in [1.29, 1.82) is 0 Å². The molecule has 3 N–H and O–H groups in total. The summed E-state index contributed by atoms with van der Waals surface area (Å²) in [6, 6.07) is 6.85. The van der Waals surface area contributed by atoms with Crippen LogP contribution in [0.2, 0.25) is 5.02 Å². The van der Waals surface area contributed by atoms with Crippen molar-refractivity contribution in [2.75, 3.05) is 0 Å². The van der Waals surface area contributed by atoms with Crippen LogP contribution >= 0.6 is 11.6 Å². The first-order valence-corrected chi connectivity index (χ1v) is 4.39. The van der Waals surface area contributed by atoms with Crippen molar-refractivity contribution in [1.82, 2.24) is 20.6 Å². The highest BCUT2D eigenvalue weighted by Gasteiger charge is 2.12. The van der Waals surface area contributed by atoms with Gasteiger partial charge in [-0.1, -0.05) is 28.9 Å². The van der Waals surface area contributed by atoms with Gasteiger partial charge in [0.2, 0.25) is 0 Å². The van der Waals surface area contributed by atoms with Gasteiger partial charge in [-0.2, -0.15) is 5.21 Å². The molecule has 0 saturated heterocycles. The molecule has 1 atom stereocenters. The van der Waals surface area contributed by atoms with Crippen LogP contribution in [0.3, 0.4) is 0 Å². The van der Waals surface area contributed by atoms with Gasteiger partial charge < -0.3 is 5.73 Å². The molecular formula is C8H8ClN5. The van der Waals surface area contributed by atoms with Crippen LogP contribution in [0.1, 0.15) is 17.4 Å².